The Hall–Kier alpha value is -2.09. The van der Waals surface area contributed by atoms with Crippen LogP contribution < -0.4 is 0 Å². The molecule has 4 rings (SSSR count). The van der Waals surface area contributed by atoms with Crippen molar-refractivity contribution < 1.29 is 14.4 Å². The van der Waals surface area contributed by atoms with Crippen molar-refractivity contribution in [2.75, 3.05) is 13.1 Å². The summed E-state index contributed by atoms with van der Waals surface area (Å²) in [6.45, 7) is 7.59. The van der Waals surface area contributed by atoms with E-state index in [0.717, 1.165) is 29.4 Å². The van der Waals surface area contributed by atoms with Gasteiger partial charge in [-0.25, -0.2) is 9.78 Å². The average Bonchev–Trinajstić information content (AvgIpc) is 3.25. The lowest BCUT2D eigenvalue weighted by atomic mass is 9.90. The van der Waals surface area contributed by atoms with E-state index in [9.17, 15) is 4.79 Å². The van der Waals surface area contributed by atoms with Crippen molar-refractivity contribution >= 4 is 40.1 Å². The van der Waals surface area contributed by atoms with Gasteiger partial charge in [-0.15, -0.1) is 16.4 Å². The van der Waals surface area contributed by atoms with Gasteiger partial charge in [0.05, 0.1) is 10.9 Å². The van der Waals surface area contributed by atoms with Crippen molar-refractivity contribution in [3.8, 4) is 0 Å². The van der Waals surface area contributed by atoms with Gasteiger partial charge in [0.25, 0.3) is 0 Å². The third-order valence-corrected chi connectivity index (χ3v) is 6.32. The number of pyridine rings is 1. The van der Waals surface area contributed by atoms with Crippen molar-refractivity contribution in [1.82, 2.24) is 14.6 Å². The van der Waals surface area contributed by atoms with Crippen LogP contribution in [0.2, 0.25) is 4.34 Å². The lowest BCUT2D eigenvalue weighted by Crippen LogP contribution is -2.37. The first-order valence-corrected chi connectivity index (χ1v) is 11.3. The first-order chi connectivity index (χ1) is 14.3. The monoisotopic (exact) mass is 447 g/mol. The summed E-state index contributed by atoms with van der Waals surface area (Å²) in [6.07, 6.45) is 5.22. The predicted octanol–water partition coefficient (Wildman–Crippen LogP) is 5.85. The van der Waals surface area contributed by atoms with Crippen LogP contribution in [0, 0.1) is 0 Å². The number of hydrogen-bond acceptors (Lipinski definition) is 6. The van der Waals surface area contributed by atoms with Crippen molar-refractivity contribution in [1.29, 1.82) is 0 Å². The van der Waals surface area contributed by atoms with Gasteiger partial charge >= 0.3 is 6.16 Å². The fourth-order valence-corrected chi connectivity index (χ4v) is 4.92. The summed E-state index contributed by atoms with van der Waals surface area (Å²) in [5, 5.41) is 2.89. The minimum Gasteiger partial charge on any atom is -0.427 e. The number of hydroxylamine groups is 2. The minimum absolute atomic E-state index is 0.392. The summed E-state index contributed by atoms with van der Waals surface area (Å²) in [5.74, 6) is 0.392. The SMILES string of the molecule is CC(C)(C)OC(=O)ON1CCC(c2cn(Cc3ccc(Cl)s3)c3ncccc23)CC1. The smallest absolute Gasteiger partial charge is 0.427 e. The molecule has 3 aromatic rings. The Bertz CT molecular complexity index is 1030. The Morgan fingerprint density at radius 1 is 1.27 bits per heavy atom. The van der Waals surface area contributed by atoms with Gasteiger partial charge in [0.15, 0.2) is 0 Å². The average molecular weight is 448 g/mol. The molecule has 0 spiro atoms. The van der Waals surface area contributed by atoms with E-state index in [2.05, 4.69) is 27.9 Å². The van der Waals surface area contributed by atoms with Crippen molar-refractivity contribution in [2.24, 2.45) is 0 Å². The second-order valence-electron chi connectivity index (χ2n) is 8.55. The maximum atomic E-state index is 11.9. The summed E-state index contributed by atoms with van der Waals surface area (Å²) in [6, 6.07) is 8.12. The Balaban J connectivity index is 1.46. The molecule has 3 aromatic heterocycles. The van der Waals surface area contributed by atoms with E-state index in [1.165, 1.54) is 15.8 Å². The molecular weight excluding hydrogens is 422 g/mol. The van der Waals surface area contributed by atoms with Crippen LogP contribution in [0.25, 0.3) is 11.0 Å². The fourth-order valence-electron chi connectivity index (χ4n) is 3.83. The molecule has 30 heavy (non-hydrogen) atoms. The molecular formula is C22H26ClN3O3S. The fraction of sp³-hybridized carbons (Fsp3) is 0.455. The zero-order valence-electron chi connectivity index (χ0n) is 17.4. The molecule has 1 aliphatic heterocycles. The predicted molar refractivity (Wildman–Crippen MR) is 119 cm³/mol. The molecule has 1 aliphatic rings. The third kappa shape index (κ3) is 4.96. The van der Waals surface area contributed by atoms with Gasteiger partial charge in [0.1, 0.15) is 11.2 Å². The molecule has 6 nitrogen and oxygen atoms in total. The molecule has 0 bridgehead atoms. The van der Waals surface area contributed by atoms with E-state index in [4.69, 9.17) is 21.2 Å². The second kappa shape index (κ2) is 8.57. The van der Waals surface area contributed by atoms with Gasteiger partial charge in [-0.05, 0) is 69.4 Å². The standard InChI is InChI=1S/C22H26ClN3O3S/c1-22(2,3)28-21(27)29-26-11-8-15(9-12-26)18-14-25(13-16-6-7-19(23)30-16)20-17(18)5-4-10-24-20/h4-7,10,14-15H,8-9,11-13H2,1-3H3. The van der Waals surface area contributed by atoms with Crippen molar-refractivity contribution in [3.63, 3.8) is 0 Å². The summed E-state index contributed by atoms with van der Waals surface area (Å²) in [5.41, 5.74) is 1.74. The van der Waals surface area contributed by atoms with Gasteiger partial charge in [-0.1, -0.05) is 11.6 Å². The van der Waals surface area contributed by atoms with Crippen molar-refractivity contribution in [2.45, 2.75) is 51.7 Å². The van der Waals surface area contributed by atoms with Crippen LogP contribution in [-0.2, 0) is 16.1 Å². The van der Waals surface area contributed by atoms with Crippen LogP contribution in [0.5, 0.6) is 0 Å². The molecule has 0 saturated carbocycles. The number of rotatable bonds is 4. The molecule has 0 unspecified atom stereocenters. The minimum atomic E-state index is -0.642. The van der Waals surface area contributed by atoms with Gasteiger partial charge in [0.2, 0.25) is 0 Å². The highest BCUT2D eigenvalue weighted by atomic mass is 35.5. The van der Waals surface area contributed by atoms with E-state index in [-0.39, 0.29) is 0 Å². The molecule has 0 radical (unpaired) electrons. The number of nitrogens with zero attached hydrogens (tertiary/aromatic N) is 3. The number of hydrogen-bond donors (Lipinski definition) is 0. The quantitative estimate of drug-likeness (QED) is 0.470. The molecule has 0 atom stereocenters. The van der Waals surface area contributed by atoms with Crippen LogP contribution in [-0.4, -0.2) is 39.5 Å². The number of carbonyl (C=O) groups is 1. The normalized spacial score (nSPS) is 16.1. The second-order valence-corrected chi connectivity index (χ2v) is 10.4. The number of halogens is 1. The number of ether oxygens (including phenoxy) is 1. The van der Waals surface area contributed by atoms with E-state index in [0.29, 0.717) is 19.0 Å². The zero-order valence-corrected chi connectivity index (χ0v) is 19.0. The molecule has 1 fully saturated rings. The highest BCUT2D eigenvalue weighted by molar-refractivity contribution is 7.16. The summed E-state index contributed by atoms with van der Waals surface area (Å²) < 4.78 is 8.25. The van der Waals surface area contributed by atoms with E-state index in [1.54, 1.807) is 16.4 Å². The van der Waals surface area contributed by atoms with Gasteiger partial charge in [-0.2, -0.15) is 0 Å². The molecule has 0 amide bonds. The molecule has 0 aliphatic carbocycles. The van der Waals surface area contributed by atoms with Gasteiger partial charge in [0, 0.05) is 35.7 Å². The Kier molecular flexibility index (Phi) is 6.04. The summed E-state index contributed by atoms with van der Waals surface area (Å²) in [7, 11) is 0. The molecule has 1 saturated heterocycles. The molecule has 4 heterocycles. The number of fused-ring (bicyclic) bond motifs is 1. The van der Waals surface area contributed by atoms with E-state index in [1.807, 2.05) is 39.1 Å². The third-order valence-electron chi connectivity index (χ3n) is 5.11. The molecule has 0 aromatic carbocycles. The van der Waals surface area contributed by atoms with E-state index >= 15 is 0 Å². The maximum Gasteiger partial charge on any atom is 0.528 e. The molecule has 0 N–H and O–H groups in total. The first kappa shape index (κ1) is 21.2. The van der Waals surface area contributed by atoms with Crippen molar-refractivity contribution in [3.05, 3.63) is 51.4 Å². The van der Waals surface area contributed by atoms with Gasteiger partial charge < -0.3 is 14.1 Å². The Morgan fingerprint density at radius 2 is 2.03 bits per heavy atom. The van der Waals surface area contributed by atoms with E-state index < -0.39 is 11.8 Å². The largest absolute Gasteiger partial charge is 0.528 e. The number of piperidine rings is 1. The molecule has 160 valence electrons. The lowest BCUT2D eigenvalue weighted by molar-refractivity contribution is -0.152. The van der Waals surface area contributed by atoms with Crippen LogP contribution in [0.3, 0.4) is 0 Å². The first-order valence-electron chi connectivity index (χ1n) is 10.1. The topological polar surface area (TPSA) is 56.6 Å². The highest BCUT2D eigenvalue weighted by Gasteiger charge is 2.27. The molecule has 8 heteroatoms. The highest BCUT2D eigenvalue weighted by Crippen LogP contribution is 2.35. The Labute approximate surface area is 185 Å². The Morgan fingerprint density at radius 3 is 2.70 bits per heavy atom. The zero-order chi connectivity index (χ0) is 21.3. The maximum absolute atomic E-state index is 11.9. The number of carbonyl (C=O) groups excluding carboxylic acids is 1. The summed E-state index contributed by atoms with van der Waals surface area (Å²) in [4.78, 5) is 23.1. The van der Waals surface area contributed by atoms with Crippen LogP contribution >= 0.6 is 22.9 Å². The lowest BCUT2D eigenvalue weighted by Gasteiger charge is -2.31. The van der Waals surface area contributed by atoms with Gasteiger partial charge in [-0.3, -0.25) is 0 Å². The van der Waals surface area contributed by atoms with Crippen LogP contribution in [0.1, 0.15) is 50.0 Å². The number of aromatic nitrogens is 2. The van der Waals surface area contributed by atoms with Crippen LogP contribution in [0.15, 0.2) is 36.7 Å². The van der Waals surface area contributed by atoms with Crippen LogP contribution in [0.4, 0.5) is 4.79 Å². The number of thiophene rings is 1. The summed E-state index contributed by atoms with van der Waals surface area (Å²) >= 11 is 7.70.